The van der Waals surface area contributed by atoms with Gasteiger partial charge in [0.1, 0.15) is 0 Å². The van der Waals surface area contributed by atoms with Crippen LogP contribution in [0.3, 0.4) is 0 Å². The van der Waals surface area contributed by atoms with Crippen LogP contribution in [0.2, 0.25) is 0 Å². The third kappa shape index (κ3) is 10.4. The van der Waals surface area contributed by atoms with Gasteiger partial charge in [0, 0.05) is 0 Å². The van der Waals surface area contributed by atoms with Crippen LogP contribution in [-0.4, -0.2) is 0 Å². The first-order valence-electron chi connectivity index (χ1n) is 35.2. The van der Waals surface area contributed by atoms with E-state index in [-0.39, 0.29) is 0 Å². The maximum Gasteiger partial charge on any atom is -0.00255 e. The molecule has 476 valence electrons. The van der Waals surface area contributed by atoms with Gasteiger partial charge < -0.3 is 0 Å². The predicted octanol–water partition coefficient (Wildman–Crippen LogP) is 28.2. The lowest BCUT2D eigenvalue weighted by Gasteiger charge is -2.25. The molecule has 0 radical (unpaired) electrons. The number of hydrogen-bond donors (Lipinski definition) is 0. The summed E-state index contributed by atoms with van der Waals surface area (Å²) in [4.78, 5) is 0. The monoisotopic (exact) mass is 1280 g/mol. The molecule has 0 spiro atoms. The van der Waals surface area contributed by atoms with Gasteiger partial charge in [-0.05, 0) is 349 Å². The molecule has 0 unspecified atom stereocenters. The minimum Gasteiger partial charge on any atom is -0.0622 e. The van der Waals surface area contributed by atoms with E-state index in [1.54, 1.807) is 0 Å². The Morgan fingerprint density at radius 3 is 0.420 bits per heavy atom. The van der Waals surface area contributed by atoms with Crippen molar-refractivity contribution in [1.82, 2.24) is 0 Å². The molecule has 0 saturated heterocycles. The van der Waals surface area contributed by atoms with Gasteiger partial charge in [-0.1, -0.05) is 243 Å². The molecule has 0 aliphatic heterocycles. The lowest BCUT2D eigenvalue weighted by molar-refractivity contribution is 1.37. The minimum atomic E-state index is 1.20. The van der Waals surface area contributed by atoms with E-state index in [9.17, 15) is 0 Å². The van der Waals surface area contributed by atoms with E-state index in [0.717, 1.165) is 0 Å². The van der Waals surface area contributed by atoms with Crippen molar-refractivity contribution in [3.63, 3.8) is 0 Å². The minimum absolute atomic E-state index is 1.20. The predicted molar refractivity (Wildman–Crippen MR) is 431 cm³/mol. The van der Waals surface area contributed by atoms with Crippen molar-refractivity contribution < 1.29 is 0 Å². The molecule has 0 fully saturated rings. The largest absolute Gasteiger partial charge is 0.0622 e. The highest BCUT2D eigenvalue weighted by atomic mass is 14.3. The summed E-state index contributed by atoms with van der Waals surface area (Å²) in [6.07, 6.45) is 0. The van der Waals surface area contributed by atoms with Crippen molar-refractivity contribution in [3.05, 3.63) is 360 Å². The Kier molecular flexibility index (Phi) is 15.5. The van der Waals surface area contributed by atoms with Crippen LogP contribution < -0.4 is 0 Å². The molecule has 0 aliphatic rings. The first kappa shape index (κ1) is 61.6. The smallest absolute Gasteiger partial charge is 0.00255 e. The molecule has 0 saturated carbocycles. The molecule has 0 heterocycles. The first-order chi connectivity index (χ1) is 48.9. The van der Waals surface area contributed by atoms with Crippen molar-refractivity contribution in [2.24, 2.45) is 0 Å². The standard InChI is InChI=1S/C100H76/c1-61-83(69-33-17-9-18-34-69)57-84(70-35-19-10-20-36-70)62(2)95(61)79-49-77-50-80(96-63(3)85(71-37-21-11-22-38-71)58-86(64(96)4)72-39-23-12-24-40-72)55-93-94-56-82(98-67(7)89(75-45-29-15-30-46-75)60-90(68(98)8)76-47-31-16-32-48-76)52-78-51-81(54-92(100(78)94)91(53-79)99(77)93)97-65(5)87(73-41-25-13-26-42-73)59-88(66(97)6)74-43-27-14-28-44-74/h9-60H,1-8H3. The molecule has 17 aromatic rings. The van der Waals surface area contributed by atoms with Crippen molar-refractivity contribution >= 4 is 43.1 Å². The SMILES string of the molecule is Cc1c(-c2ccccc2)cc(-c2ccccc2)c(C)c1-c1cc2cc(-c3c(C)c(-c4ccccc4)cc(-c4ccccc4)c3C)cc3c4cc(-c5c(C)c(-c6ccccc6)cc(-c6ccccc6)c5C)cc5cc(-c6c(C)c(-c7ccccc7)cc(-c7ccccc7)c6C)cc(c(c1)c23)c54. The Hall–Kier alpha value is -12.0. The molecular weight excluding hydrogens is 1200 g/mol. The molecule has 0 aliphatic carbocycles. The Morgan fingerprint density at radius 1 is 0.140 bits per heavy atom. The normalized spacial score (nSPS) is 11.6. The molecule has 0 atom stereocenters. The first-order valence-corrected chi connectivity index (χ1v) is 35.2. The summed E-state index contributed by atoms with van der Waals surface area (Å²) in [5, 5.41) is 9.91. The van der Waals surface area contributed by atoms with Crippen LogP contribution in [0.1, 0.15) is 44.5 Å². The van der Waals surface area contributed by atoms with Gasteiger partial charge in [0.25, 0.3) is 0 Å². The van der Waals surface area contributed by atoms with Crippen molar-refractivity contribution in [2.75, 3.05) is 0 Å². The molecule has 0 amide bonds. The highest BCUT2D eigenvalue weighted by molar-refractivity contribution is 6.35. The highest BCUT2D eigenvalue weighted by Gasteiger charge is 2.27. The van der Waals surface area contributed by atoms with Crippen molar-refractivity contribution in [3.8, 4) is 134 Å². The van der Waals surface area contributed by atoms with Gasteiger partial charge >= 0.3 is 0 Å². The third-order valence-electron chi connectivity index (χ3n) is 21.9. The number of fused-ring (bicyclic) bond motifs is 2. The number of hydrogen-bond acceptors (Lipinski definition) is 0. The Labute approximate surface area is 588 Å². The van der Waals surface area contributed by atoms with Crippen LogP contribution in [0.15, 0.2) is 315 Å². The van der Waals surface area contributed by atoms with E-state index in [1.165, 1.54) is 221 Å². The van der Waals surface area contributed by atoms with Crippen LogP contribution >= 0.6 is 0 Å². The molecule has 0 nitrogen and oxygen atoms in total. The van der Waals surface area contributed by atoms with Gasteiger partial charge in [-0.3, -0.25) is 0 Å². The summed E-state index contributed by atoms with van der Waals surface area (Å²) < 4.78 is 0. The zero-order valence-corrected chi connectivity index (χ0v) is 58.0. The lowest BCUT2D eigenvalue weighted by Crippen LogP contribution is -2.00. The highest BCUT2D eigenvalue weighted by Crippen LogP contribution is 2.53. The summed E-state index contributed by atoms with van der Waals surface area (Å²) >= 11 is 0. The second-order valence-electron chi connectivity index (χ2n) is 27.6. The molecule has 17 rings (SSSR count). The fraction of sp³-hybridized carbons (Fsp3) is 0.0800. The second kappa shape index (κ2) is 25.2. The number of rotatable bonds is 12. The maximum absolute atomic E-state index is 2.58. The van der Waals surface area contributed by atoms with Crippen molar-refractivity contribution in [2.45, 2.75) is 55.4 Å². The van der Waals surface area contributed by atoms with Gasteiger partial charge in [-0.25, -0.2) is 0 Å². The lowest BCUT2D eigenvalue weighted by atomic mass is 9.78. The Bertz CT molecular complexity index is 5020. The topological polar surface area (TPSA) is 0 Å². The van der Waals surface area contributed by atoms with E-state index < -0.39 is 0 Å². The van der Waals surface area contributed by atoms with Crippen LogP contribution in [-0.2, 0) is 0 Å². The van der Waals surface area contributed by atoms with E-state index in [4.69, 9.17) is 0 Å². The maximum atomic E-state index is 2.58. The van der Waals surface area contributed by atoms with Crippen LogP contribution in [0.4, 0.5) is 0 Å². The summed E-state index contributed by atoms with van der Waals surface area (Å²) in [5.41, 5.74) is 39.5. The van der Waals surface area contributed by atoms with E-state index in [2.05, 4.69) is 371 Å². The zero-order chi connectivity index (χ0) is 67.9. The van der Waals surface area contributed by atoms with E-state index in [1.807, 2.05) is 0 Å². The fourth-order valence-corrected chi connectivity index (χ4v) is 17.2. The summed E-state index contributed by atoms with van der Waals surface area (Å²) in [6.45, 7) is 18.9. The van der Waals surface area contributed by atoms with Gasteiger partial charge in [0.05, 0.1) is 0 Å². The molecule has 17 aromatic carbocycles. The van der Waals surface area contributed by atoms with Crippen LogP contribution in [0, 0.1) is 55.4 Å². The molecule has 0 heteroatoms. The van der Waals surface area contributed by atoms with Crippen LogP contribution in [0.5, 0.6) is 0 Å². The Morgan fingerprint density at radius 2 is 0.280 bits per heavy atom. The summed E-state index contributed by atoms with van der Waals surface area (Å²) in [6, 6.07) is 118. The average Bonchev–Trinajstić information content (AvgIpc) is 0.699. The van der Waals surface area contributed by atoms with Gasteiger partial charge in [0.2, 0.25) is 0 Å². The third-order valence-corrected chi connectivity index (χ3v) is 21.9. The molecule has 0 bridgehead atoms. The van der Waals surface area contributed by atoms with E-state index >= 15 is 0 Å². The second-order valence-corrected chi connectivity index (χ2v) is 27.6. The molecule has 0 aromatic heterocycles. The fourth-order valence-electron chi connectivity index (χ4n) is 17.2. The Balaban J connectivity index is 1.07. The molecular formula is C100H76. The molecule has 0 N–H and O–H groups in total. The van der Waals surface area contributed by atoms with Crippen molar-refractivity contribution in [1.29, 1.82) is 0 Å². The average molecular weight is 1280 g/mol. The zero-order valence-electron chi connectivity index (χ0n) is 58.0. The van der Waals surface area contributed by atoms with Crippen LogP contribution in [0.25, 0.3) is 177 Å². The van der Waals surface area contributed by atoms with Gasteiger partial charge in [-0.15, -0.1) is 0 Å². The quantitative estimate of drug-likeness (QED) is 0.0845. The van der Waals surface area contributed by atoms with Gasteiger partial charge in [-0.2, -0.15) is 0 Å². The summed E-state index contributed by atoms with van der Waals surface area (Å²) in [7, 11) is 0. The molecule has 100 heavy (non-hydrogen) atoms. The van der Waals surface area contributed by atoms with E-state index in [0.29, 0.717) is 0 Å². The summed E-state index contributed by atoms with van der Waals surface area (Å²) in [5.74, 6) is 0. The number of benzene rings is 17. The van der Waals surface area contributed by atoms with Gasteiger partial charge in [0.15, 0.2) is 0 Å².